The van der Waals surface area contributed by atoms with Crippen molar-refractivity contribution in [3.05, 3.63) is 88.7 Å². The Morgan fingerprint density at radius 3 is 2.26 bits per heavy atom. The number of hydrogen-bond acceptors (Lipinski definition) is 6. The highest BCUT2D eigenvalue weighted by molar-refractivity contribution is 6.07. The SMILES string of the molecule is CCc1c(C(=O)Nc2ccccc2OC)ccc(CN2C(=O)CCC2=O)c1N1CCC(C(=O)c2ccc(F)cc2)CC1. The minimum Gasteiger partial charge on any atom is -0.495 e. The second-order valence-corrected chi connectivity index (χ2v) is 10.6. The molecule has 3 aromatic rings. The van der Waals surface area contributed by atoms with Crippen LogP contribution in [0.5, 0.6) is 5.75 Å². The predicted molar refractivity (Wildman–Crippen MR) is 157 cm³/mol. The number of rotatable bonds is 9. The largest absolute Gasteiger partial charge is 0.495 e. The molecule has 3 aromatic carbocycles. The van der Waals surface area contributed by atoms with E-state index in [4.69, 9.17) is 4.74 Å². The Morgan fingerprint density at radius 1 is 0.952 bits per heavy atom. The van der Waals surface area contributed by atoms with E-state index >= 15 is 0 Å². The molecule has 3 amide bonds. The van der Waals surface area contributed by atoms with E-state index in [9.17, 15) is 23.6 Å². The molecule has 5 rings (SSSR count). The summed E-state index contributed by atoms with van der Waals surface area (Å²) in [5, 5.41) is 2.96. The monoisotopic (exact) mass is 571 g/mol. The Labute approximate surface area is 244 Å². The van der Waals surface area contributed by atoms with Gasteiger partial charge in [0.1, 0.15) is 11.6 Å². The average molecular weight is 572 g/mol. The predicted octanol–water partition coefficient (Wildman–Crippen LogP) is 5.40. The Bertz CT molecular complexity index is 1500. The lowest BCUT2D eigenvalue weighted by Gasteiger charge is -2.36. The molecule has 2 fully saturated rings. The summed E-state index contributed by atoms with van der Waals surface area (Å²) in [4.78, 5) is 55.2. The highest BCUT2D eigenvalue weighted by atomic mass is 19.1. The fraction of sp³-hybridized carbons (Fsp3) is 0.333. The number of likely N-dealkylation sites (tertiary alicyclic amines) is 1. The van der Waals surface area contributed by atoms with E-state index in [1.807, 2.05) is 25.1 Å². The maximum Gasteiger partial charge on any atom is 0.256 e. The third-order valence-electron chi connectivity index (χ3n) is 8.11. The molecule has 0 radical (unpaired) electrons. The average Bonchev–Trinajstić information content (AvgIpc) is 3.33. The maximum atomic E-state index is 13.6. The number of Topliss-reactive ketones (excluding diaryl/α,β-unsaturated/α-hetero) is 1. The lowest BCUT2D eigenvalue weighted by molar-refractivity contribution is -0.139. The van der Waals surface area contributed by atoms with E-state index in [1.54, 1.807) is 25.3 Å². The van der Waals surface area contributed by atoms with Crippen molar-refractivity contribution in [1.82, 2.24) is 4.90 Å². The third-order valence-corrected chi connectivity index (χ3v) is 8.11. The Morgan fingerprint density at radius 2 is 1.62 bits per heavy atom. The van der Waals surface area contributed by atoms with Gasteiger partial charge in [0.05, 0.1) is 19.3 Å². The van der Waals surface area contributed by atoms with Gasteiger partial charge in [-0.15, -0.1) is 0 Å². The van der Waals surface area contributed by atoms with E-state index in [1.165, 1.54) is 29.2 Å². The van der Waals surface area contributed by atoms with Crippen LogP contribution in [0.25, 0.3) is 0 Å². The number of ether oxygens (including phenoxy) is 1. The van der Waals surface area contributed by atoms with Gasteiger partial charge in [-0.2, -0.15) is 0 Å². The number of carbonyl (C=O) groups is 4. The molecule has 0 aliphatic carbocycles. The zero-order valence-corrected chi connectivity index (χ0v) is 23.8. The number of amides is 3. The molecule has 0 aromatic heterocycles. The first-order chi connectivity index (χ1) is 20.3. The first-order valence-electron chi connectivity index (χ1n) is 14.3. The smallest absolute Gasteiger partial charge is 0.256 e. The number of nitrogens with one attached hydrogen (secondary N) is 1. The lowest BCUT2D eigenvalue weighted by Crippen LogP contribution is -2.38. The van der Waals surface area contributed by atoms with Gasteiger partial charge in [0, 0.05) is 48.7 Å². The molecule has 0 saturated carbocycles. The Balaban J connectivity index is 1.46. The molecule has 0 atom stereocenters. The number of ketones is 1. The zero-order chi connectivity index (χ0) is 29.8. The van der Waals surface area contributed by atoms with Crippen LogP contribution in [0.2, 0.25) is 0 Å². The topological polar surface area (TPSA) is 96.0 Å². The standard InChI is InChI=1S/C33H34FN3O5/c1-3-25-26(33(41)35-27-6-4-5-7-28(27)42-2)13-10-23(20-37-29(38)14-15-30(37)39)31(25)36-18-16-22(17-19-36)32(40)21-8-11-24(34)12-9-21/h4-13,22H,3,14-20H2,1-2H3,(H,35,41). The summed E-state index contributed by atoms with van der Waals surface area (Å²) < 4.78 is 18.8. The molecule has 0 spiro atoms. The number of benzene rings is 3. The number of hydrogen-bond donors (Lipinski definition) is 1. The fourth-order valence-electron chi connectivity index (χ4n) is 5.90. The van der Waals surface area contributed by atoms with Crippen LogP contribution in [-0.4, -0.2) is 48.6 Å². The van der Waals surface area contributed by atoms with Gasteiger partial charge in [-0.1, -0.05) is 25.1 Å². The molecule has 2 aliphatic heterocycles. The number of piperidine rings is 1. The summed E-state index contributed by atoms with van der Waals surface area (Å²) in [5.74, 6) is -0.761. The first-order valence-corrected chi connectivity index (χ1v) is 14.3. The van der Waals surface area contributed by atoms with Gasteiger partial charge in [0.15, 0.2) is 5.78 Å². The quantitative estimate of drug-likeness (QED) is 0.273. The molecule has 0 bridgehead atoms. The van der Waals surface area contributed by atoms with Gasteiger partial charge < -0.3 is 15.0 Å². The zero-order valence-electron chi connectivity index (χ0n) is 23.8. The van der Waals surface area contributed by atoms with Crippen molar-refractivity contribution in [3.8, 4) is 5.75 Å². The normalized spacial score (nSPS) is 15.7. The molecule has 42 heavy (non-hydrogen) atoms. The number of nitrogens with zero attached hydrogens (tertiary/aromatic N) is 2. The van der Waals surface area contributed by atoms with E-state index < -0.39 is 0 Å². The van der Waals surface area contributed by atoms with Gasteiger partial charge in [0.2, 0.25) is 11.8 Å². The summed E-state index contributed by atoms with van der Waals surface area (Å²) in [7, 11) is 1.54. The minimum atomic E-state index is -0.384. The van der Waals surface area contributed by atoms with E-state index in [-0.39, 0.29) is 54.6 Å². The lowest BCUT2D eigenvalue weighted by atomic mass is 9.87. The summed E-state index contributed by atoms with van der Waals surface area (Å²) in [6.07, 6.45) is 2.10. The number of halogens is 1. The van der Waals surface area contributed by atoms with Crippen molar-refractivity contribution in [2.75, 3.05) is 30.4 Å². The number of anilines is 2. The van der Waals surface area contributed by atoms with Crippen LogP contribution in [-0.2, 0) is 22.6 Å². The summed E-state index contributed by atoms with van der Waals surface area (Å²) in [6, 6.07) is 16.4. The molecule has 2 saturated heterocycles. The molecule has 1 N–H and O–H groups in total. The summed E-state index contributed by atoms with van der Waals surface area (Å²) >= 11 is 0. The van der Waals surface area contributed by atoms with Crippen LogP contribution in [0.3, 0.4) is 0 Å². The number of carbonyl (C=O) groups excluding carboxylic acids is 4. The van der Waals surface area contributed by atoms with Crippen LogP contribution >= 0.6 is 0 Å². The number of para-hydroxylation sites is 2. The van der Waals surface area contributed by atoms with Crippen LogP contribution in [0.1, 0.15) is 64.4 Å². The molecule has 0 unspecified atom stereocenters. The van der Waals surface area contributed by atoms with Gasteiger partial charge in [-0.3, -0.25) is 24.1 Å². The van der Waals surface area contributed by atoms with Crippen molar-refractivity contribution >= 4 is 34.9 Å². The van der Waals surface area contributed by atoms with E-state index in [0.29, 0.717) is 54.9 Å². The molecule has 2 aliphatic rings. The van der Waals surface area contributed by atoms with E-state index in [0.717, 1.165) is 16.8 Å². The van der Waals surface area contributed by atoms with Crippen molar-refractivity contribution in [2.45, 2.75) is 45.6 Å². The first kappa shape index (κ1) is 29.0. The summed E-state index contributed by atoms with van der Waals surface area (Å²) in [6.45, 7) is 3.20. The highest BCUT2D eigenvalue weighted by Crippen LogP contribution is 2.36. The van der Waals surface area contributed by atoms with Gasteiger partial charge in [0.25, 0.3) is 5.91 Å². The van der Waals surface area contributed by atoms with Crippen molar-refractivity contribution in [1.29, 1.82) is 0 Å². The summed E-state index contributed by atoms with van der Waals surface area (Å²) in [5.41, 5.74) is 3.95. The van der Waals surface area contributed by atoms with Gasteiger partial charge in [-0.25, -0.2) is 4.39 Å². The molecule has 8 nitrogen and oxygen atoms in total. The Kier molecular flexibility index (Phi) is 8.66. The Hall–Kier alpha value is -4.53. The second kappa shape index (κ2) is 12.5. The maximum absolute atomic E-state index is 13.6. The van der Waals surface area contributed by atoms with Crippen LogP contribution in [0.15, 0.2) is 60.7 Å². The van der Waals surface area contributed by atoms with Crippen LogP contribution in [0, 0.1) is 11.7 Å². The highest BCUT2D eigenvalue weighted by Gasteiger charge is 2.33. The van der Waals surface area contributed by atoms with Crippen molar-refractivity contribution in [3.63, 3.8) is 0 Å². The molecular weight excluding hydrogens is 537 g/mol. The third kappa shape index (κ3) is 5.91. The number of methoxy groups -OCH3 is 1. The van der Waals surface area contributed by atoms with Gasteiger partial charge >= 0.3 is 0 Å². The molecular formula is C33H34FN3O5. The fourth-order valence-corrected chi connectivity index (χ4v) is 5.90. The van der Waals surface area contributed by atoms with Crippen molar-refractivity contribution < 1.29 is 28.3 Å². The number of imide groups is 1. The molecule has 9 heteroatoms. The van der Waals surface area contributed by atoms with Crippen molar-refractivity contribution in [2.24, 2.45) is 5.92 Å². The van der Waals surface area contributed by atoms with Crippen LogP contribution in [0.4, 0.5) is 15.8 Å². The molecule has 2 heterocycles. The van der Waals surface area contributed by atoms with E-state index in [2.05, 4.69) is 10.2 Å². The minimum absolute atomic E-state index is 0.0104. The second-order valence-electron chi connectivity index (χ2n) is 10.6. The molecule has 218 valence electrons. The van der Waals surface area contributed by atoms with Gasteiger partial charge in [-0.05, 0) is 72.9 Å². The van der Waals surface area contributed by atoms with Crippen LogP contribution < -0.4 is 15.0 Å².